The molecule has 2 N–H and O–H groups in total. The van der Waals surface area contributed by atoms with Gasteiger partial charge in [0.1, 0.15) is 5.75 Å². The van der Waals surface area contributed by atoms with Gasteiger partial charge < -0.3 is 15.4 Å². The van der Waals surface area contributed by atoms with Gasteiger partial charge in [-0.25, -0.2) is 0 Å². The van der Waals surface area contributed by atoms with E-state index in [0.717, 1.165) is 17.9 Å². The minimum atomic E-state index is -0.434. The van der Waals surface area contributed by atoms with Gasteiger partial charge in [0, 0.05) is 18.8 Å². The largest absolute Gasteiger partial charge is 0.497 e. The lowest BCUT2D eigenvalue weighted by Gasteiger charge is -2.21. The standard InChI is InChI=1S/C13H20N2O2/c1-4-6-12(14)13(16)15(2)10-7-5-8-11(9-10)17-3/h5,7-9,12H,4,6,14H2,1-3H3. The van der Waals surface area contributed by atoms with Gasteiger partial charge >= 0.3 is 0 Å². The number of carbonyl (C=O) groups excluding carboxylic acids is 1. The van der Waals surface area contributed by atoms with Crippen LogP contribution in [0.1, 0.15) is 19.8 Å². The van der Waals surface area contributed by atoms with Crippen LogP contribution in [0.15, 0.2) is 24.3 Å². The zero-order chi connectivity index (χ0) is 12.8. The number of likely N-dealkylation sites (N-methyl/N-ethyl adjacent to an activating group) is 1. The molecule has 1 aromatic carbocycles. The average Bonchev–Trinajstić information content (AvgIpc) is 2.37. The van der Waals surface area contributed by atoms with E-state index < -0.39 is 6.04 Å². The topological polar surface area (TPSA) is 55.6 Å². The molecular formula is C13H20N2O2. The summed E-state index contributed by atoms with van der Waals surface area (Å²) in [6, 6.07) is 6.93. The minimum absolute atomic E-state index is 0.0693. The molecule has 1 aromatic rings. The lowest BCUT2D eigenvalue weighted by molar-refractivity contribution is -0.119. The quantitative estimate of drug-likeness (QED) is 0.848. The molecule has 1 atom stereocenters. The van der Waals surface area contributed by atoms with Crippen LogP contribution in [0.3, 0.4) is 0 Å². The van der Waals surface area contributed by atoms with Crippen LogP contribution < -0.4 is 15.4 Å². The molecule has 0 bridgehead atoms. The molecule has 0 fully saturated rings. The van der Waals surface area contributed by atoms with Crippen LogP contribution in [0, 0.1) is 0 Å². The van der Waals surface area contributed by atoms with E-state index in [0.29, 0.717) is 6.42 Å². The molecule has 94 valence electrons. The van der Waals surface area contributed by atoms with Crippen molar-refractivity contribution in [3.8, 4) is 5.75 Å². The van der Waals surface area contributed by atoms with Crippen LogP contribution in [0.5, 0.6) is 5.75 Å². The molecule has 0 saturated carbocycles. The van der Waals surface area contributed by atoms with Crippen molar-refractivity contribution in [2.45, 2.75) is 25.8 Å². The number of methoxy groups -OCH3 is 1. The first-order valence-corrected chi connectivity index (χ1v) is 5.77. The summed E-state index contributed by atoms with van der Waals surface area (Å²) in [5.74, 6) is 0.659. The highest BCUT2D eigenvalue weighted by molar-refractivity contribution is 5.96. The molecule has 0 aliphatic carbocycles. The van der Waals surface area contributed by atoms with Gasteiger partial charge in [-0.1, -0.05) is 19.4 Å². The molecule has 4 nitrogen and oxygen atoms in total. The summed E-state index contributed by atoms with van der Waals surface area (Å²) in [6.45, 7) is 2.01. The first-order valence-electron chi connectivity index (χ1n) is 5.77. The molecule has 0 heterocycles. The van der Waals surface area contributed by atoms with Gasteiger partial charge in [0.2, 0.25) is 5.91 Å². The van der Waals surface area contributed by atoms with Crippen molar-refractivity contribution in [3.05, 3.63) is 24.3 Å². The first-order chi connectivity index (χ1) is 8.10. The third kappa shape index (κ3) is 3.46. The molecule has 0 aliphatic heterocycles. The van der Waals surface area contributed by atoms with Crippen LogP contribution in [0.4, 0.5) is 5.69 Å². The summed E-state index contributed by atoms with van der Waals surface area (Å²) in [5, 5.41) is 0. The second-order valence-corrected chi connectivity index (χ2v) is 3.99. The Labute approximate surface area is 102 Å². The van der Waals surface area contributed by atoms with Gasteiger partial charge in [-0.05, 0) is 18.6 Å². The van der Waals surface area contributed by atoms with Crippen LogP contribution in [0.25, 0.3) is 0 Å². The van der Waals surface area contributed by atoms with Crippen LogP contribution in [-0.4, -0.2) is 26.1 Å². The zero-order valence-corrected chi connectivity index (χ0v) is 10.6. The molecule has 0 aliphatic rings. The number of nitrogens with two attached hydrogens (primary N) is 1. The summed E-state index contributed by atoms with van der Waals surface area (Å²) in [5.41, 5.74) is 6.61. The Hall–Kier alpha value is -1.55. The van der Waals surface area contributed by atoms with Crippen LogP contribution in [0.2, 0.25) is 0 Å². The Balaban J connectivity index is 2.80. The highest BCUT2D eigenvalue weighted by Gasteiger charge is 2.18. The van der Waals surface area contributed by atoms with E-state index in [-0.39, 0.29) is 5.91 Å². The number of ether oxygens (including phenoxy) is 1. The summed E-state index contributed by atoms with van der Waals surface area (Å²) in [6.07, 6.45) is 1.60. The number of anilines is 1. The molecule has 17 heavy (non-hydrogen) atoms. The maximum absolute atomic E-state index is 12.0. The van der Waals surface area contributed by atoms with Gasteiger partial charge in [0.25, 0.3) is 0 Å². The van der Waals surface area contributed by atoms with E-state index >= 15 is 0 Å². The molecule has 1 unspecified atom stereocenters. The third-order valence-corrected chi connectivity index (χ3v) is 2.69. The fourth-order valence-electron chi connectivity index (χ4n) is 1.63. The monoisotopic (exact) mass is 236 g/mol. The normalized spacial score (nSPS) is 12.0. The number of amides is 1. The number of nitrogens with zero attached hydrogens (tertiary/aromatic N) is 1. The van der Waals surface area contributed by atoms with Gasteiger partial charge in [0.15, 0.2) is 0 Å². The molecule has 0 saturated heterocycles. The predicted molar refractivity (Wildman–Crippen MR) is 69.3 cm³/mol. The average molecular weight is 236 g/mol. The smallest absolute Gasteiger partial charge is 0.243 e. The Bertz CT molecular complexity index is 379. The van der Waals surface area contributed by atoms with Crippen LogP contribution >= 0.6 is 0 Å². The molecule has 4 heteroatoms. The highest BCUT2D eigenvalue weighted by atomic mass is 16.5. The Morgan fingerprint density at radius 3 is 2.82 bits per heavy atom. The Morgan fingerprint density at radius 2 is 2.24 bits per heavy atom. The van der Waals surface area contributed by atoms with Gasteiger partial charge in [-0.2, -0.15) is 0 Å². The van der Waals surface area contributed by atoms with E-state index in [1.165, 1.54) is 0 Å². The number of rotatable bonds is 5. The van der Waals surface area contributed by atoms with Crippen molar-refractivity contribution in [1.82, 2.24) is 0 Å². The molecule has 0 aromatic heterocycles. The second kappa shape index (κ2) is 6.25. The van der Waals surface area contributed by atoms with Crippen LogP contribution in [-0.2, 0) is 4.79 Å². The van der Waals surface area contributed by atoms with E-state index in [1.807, 2.05) is 31.2 Å². The third-order valence-electron chi connectivity index (χ3n) is 2.69. The Morgan fingerprint density at radius 1 is 1.53 bits per heavy atom. The lowest BCUT2D eigenvalue weighted by Crippen LogP contribution is -2.41. The van der Waals surface area contributed by atoms with E-state index in [4.69, 9.17) is 10.5 Å². The number of hydrogen-bond acceptors (Lipinski definition) is 3. The fourth-order valence-corrected chi connectivity index (χ4v) is 1.63. The predicted octanol–water partition coefficient (Wildman–Crippen LogP) is 1.79. The molecule has 1 rings (SSSR count). The highest BCUT2D eigenvalue weighted by Crippen LogP contribution is 2.20. The van der Waals surface area contributed by atoms with Gasteiger partial charge in [-0.3, -0.25) is 4.79 Å². The number of hydrogen-bond donors (Lipinski definition) is 1. The summed E-state index contributed by atoms with van der Waals surface area (Å²) in [4.78, 5) is 13.6. The summed E-state index contributed by atoms with van der Waals surface area (Å²) < 4.78 is 5.12. The van der Waals surface area contributed by atoms with E-state index in [2.05, 4.69) is 0 Å². The van der Waals surface area contributed by atoms with Crippen molar-refractivity contribution in [2.75, 3.05) is 19.1 Å². The van der Waals surface area contributed by atoms with E-state index in [1.54, 1.807) is 19.1 Å². The van der Waals surface area contributed by atoms with Gasteiger partial charge in [0.05, 0.1) is 13.2 Å². The first kappa shape index (κ1) is 13.5. The SMILES string of the molecule is CCCC(N)C(=O)N(C)c1cccc(OC)c1. The lowest BCUT2D eigenvalue weighted by atomic mass is 10.1. The minimum Gasteiger partial charge on any atom is -0.497 e. The molecule has 0 radical (unpaired) electrons. The van der Waals surface area contributed by atoms with Crippen molar-refractivity contribution >= 4 is 11.6 Å². The maximum atomic E-state index is 12.0. The fraction of sp³-hybridized carbons (Fsp3) is 0.462. The molecule has 0 spiro atoms. The maximum Gasteiger partial charge on any atom is 0.243 e. The molecular weight excluding hydrogens is 216 g/mol. The van der Waals surface area contributed by atoms with E-state index in [9.17, 15) is 4.79 Å². The zero-order valence-electron chi connectivity index (χ0n) is 10.6. The van der Waals surface area contributed by atoms with Gasteiger partial charge in [-0.15, -0.1) is 0 Å². The van der Waals surface area contributed by atoms with Crippen molar-refractivity contribution in [1.29, 1.82) is 0 Å². The Kier molecular flexibility index (Phi) is 4.97. The van der Waals surface area contributed by atoms with Crippen molar-refractivity contribution in [3.63, 3.8) is 0 Å². The van der Waals surface area contributed by atoms with Crippen molar-refractivity contribution < 1.29 is 9.53 Å². The number of carbonyl (C=O) groups is 1. The second-order valence-electron chi connectivity index (χ2n) is 3.99. The molecule has 1 amide bonds. The summed E-state index contributed by atoms with van der Waals surface area (Å²) >= 11 is 0. The van der Waals surface area contributed by atoms with Crippen molar-refractivity contribution in [2.24, 2.45) is 5.73 Å². The summed E-state index contributed by atoms with van der Waals surface area (Å²) in [7, 11) is 3.33. The number of benzene rings is 1.